The molecule has 0 amide bonds. The topological polar surface area (TPSA) is 23.8 Å². The summed E-state index contributed by atoms with van der Waals surface area (Å²) in [5.41, 5.74) is -1.40. The summed E-state index contributed by atoms with van der Waals surface area (Å²) in [5.74, 6) is -0.474. The van der Waals surface area contributed by atoms with Crippen molar-refractivity contribution in [1.82, 2.24) is 0 Å². The summed E-state index contributed by atoms with van der Waals surface area (Å²) in [6.07, 6.45) is 4.00. The fourth-order valence-corrected chi connectivity index (χ4v) is 5.65. The first kappa shape index (κ1) is 48.0. The lowest BCUT2D eigenvalue weighted by atomic mass is 9.72. The molecule has 0 atom stereocenters. The SMILES string of the molecule is CC(C)(C)C#N.[2H]C(C)(C)C(C)(C)C.[2H]C([2H])(C(C)(C)C)C(C)(C)C.[2H]C([2H])(C(C)C)C(C)(C)C.[2H]C([2H])(C)C(C)(C)C.[2H]C([2H])(C)C([2H])([2H])C(C)(C)C.[2H]C1(C(C)(C)C)CCCC1.[2H]C1(C(C)(C)C)CCCCC1. The Hall–Kier alpha value is -0.510. The Bertz CT molecular complexity index is 1430. The van der Waals surface area contributed by atoms with Crippen LogP contribution in [0.25, 0.3) is 0 Å². The Morgan fingerprint density at radius 1 is 0.500 bits per heavy atom. The van der Waals surface area contributed by atoms with Gasteiger partial charge in [0.05, 0.1) is 6.07 Å². The molecule has 2 saturated carbocycles. The molecule has 2 fully saturated rings. The fraction of sp³-hybridized carbons (Fsp3) is 0.984. The van der Waals surface area contributed by atoms with E-state index in [1.165, 1.54) is 39.0 Å². The van der Waals surface area contributed by atoms with Crippen LogP contribution in [0, 0.1) is 83.7 Å². The summed E-state index contributed by atoms with van der Waals surface area (Å²) in [6.45, 7) is 63.9. The van der Waals surface area contributed by atoms with Crippen molar-refractivity contribution in [2.45, 2.75) is 318 Å². The van der Waals surface area contributed by atoms with E-state index in [9.17, 15) is 0 Å². The van der Waals surface area contributed by atoms with Gasteiger partial charge in [0.25, 0.3) is 0 Å². The van der Waals surface area contributed by atoms with E-state index in [0.29, 0.717) is 0 Å². The summed E-state index contributed by atoms with van der Waals surface area (Å²) in [7, 11) is 0. The summed E-state index contributed by atoms with van der Waals surface area (Å²) < 4.78 is 99.3. The van der Waals surface area contributed by atoms with Crippen LogP contribution in [-0.2, 0) is 0 Å². The second kappa shape index (κ2) is 33.0. The lowest BCUT2D eigenvalue weighted by Crippen LogP contribution is -2.22. The molecule has 0 bridgehead atoms. The van der Waals surface area contributed by atoms with Crippen LogP contribution in [0.4, 0.5) is 0 Å². The van der Waals surface area contributed by atoms with Gasteiger partial charge >= 0.3 is 0 Å². The second-order valence-corrected chi connectivity index (χ2v) is 27.4. The molecule has 0 radical (unpaired) electrons. The summed E-state index contributed by atoms with van der Waals surface area (Å²) in [4.78, 5) is 0. The minimum atomic E-state index is -1.79. The first-order valence-corrected chi connectivity index (χ1v) is 24.6. The van der Waals surface area contributed by atoms with Crippen molar-refractivity contribution in [3.05, 3.63) is 0 Å². The lowest BCUT2D eigenvalue weighted by Gasteiger charge is -2.33. The van der Waals surface area contributed by atoms with Gasteiger partial charge in [-0.25, -0.2) is 0 Å². The summed E-state index contributed by atoms with van der Waals surface area (Å²) in [5, 5.41) is 8.15. The lowest BCUT2D eigenvalue weighted by molar-refractivity contribution is 0.180. The van der Waals surface area contributed by atoms with E-state index in [1.54, 1.807) is 27.7 Å². The molecule has 2 aliphatic rings. The standard InChI is InChI=1S/C10H20.C9H18.C9H20.C8H18.2C7H16.C6H14.C5H9N/c1-10(2,3)9-7-5-4-6-8-9;1-9(2,3)8-6-4-5-7-8;1-8(2,3)7-9(4,5)6;1-7(2)6-8(3,4)5;1-6(2)7(3,4)5;1-5-6-7(2,3)4;1-5-6(2,3)4;1-5(2,3)4-6/h9H,4-8H2,1-3H3;8H,4-7H2,1-3H3;7H2,1-6H3;7H,6H2,1-5H3;6H,1-5H3;5-6H2,1-4H3;5H2,1-4H3;1-3H3/i9D;8D;7D2;6D2;6D;5D2,6D2;5D2;. The van der Waals surface area contributed by atoms with Gasteiger partial charge in [0.15, 0.2) is 0 Å². The van der Waals surface area contributed by atoms with Gasteiger partial charge in [0.2, 0.25) is 0 Å². The molecule has 0 spiro atoms. The molecule has 1 heteroatoms. The van der Waals surface area contributed by atoms with Crippen molar-refractivity contribution in [3.8, 4) is 6.07 Å². The van der Waals surface area contributed by atoms with E-state index in [2.05, 4.69) is 68.4 Å². The van der Waals surface area contributed by atoms with E-state index in [4.69, 9.17) is 23.1 Å². The molecule has 0 unspecified atom stereocenters. The number of rotatable bonds is 2. The highest BCUT2D eigenvalue weighted by atomic mass is 14.3. The Kier molecular flexibility index (Phi) is 25.6. The third-order valence-corrected chi connectivity index (χ3v) is 9.34. The average Bonchev–Trinajstić information content (AvgIpc) is 3.57. The zero-order valence-corrected chi connectivity index (χ0v) is 49.4. The molecule has 0 heterocycles. The minimum Gasteiger partial charge on any atom is -0.198 e. The Morgan fingerprint density at radius 2 is 0.758 bits per heavy atom. The van der Waals surface area contributed by atoms with Crippen LogP contribution in [0.5, 0.6) is 0 Å². The molecule has 0 N–H and O–H groups in total. The fourth-order valence-electron chi connectivity index (χ4n) is 5.65. The van der Waals surface area contributed by atoms with Crippen LogP contribution in [0.15, 0.2) is 0 Å². The van der Waals surface area contributed by atoms with Gasteiger partial charge in [-0.1, -0.05) is 253 Å². The highest BCUT2D eigenvalue weighted by molar-refractivity contribution is 4.86. The maximum Gasteiger partial charge on any atom is 0.0680 e. The molecule has 0 aromatic carbocycles. The normalized spacial score (nSPS) is 21.1. The van der Waals surface area contributed by atoms with E-state index < -0.39 is 37.3 Å². The summed E-state index contributed by atoms with van der Waals surface area (Å²) in [6, 6.07) is 2.10. The number of nitrogens with zero attached hydrogens (tertiary/aromatic N) is 1. The molecule has 0 aromatic rings. The Morgan fingerprint density at radius 3 is 0.823 bits per heavy atom. The molecule has 0 aliphatic heterocycles. The number of hydrogen-bond donors (Lipinski definition) is 0. The number of nitriles is 1. The molecule has 62 heavy (non-hydrogen) atoms. The van der Waals surface area contributed by atoms with E-state index in [1.807, 2.05) is 132 Å². The van der Waals surface area contributed by atoms with Crippen LogP contribution in [-0.4, -0.2) is 0 Å². The quantitative estimate of drug-likeness (QED) is 0.271. The van der Waals surface area contributed by atoms with Crippen molar-refractivity contribution < 1.29 is 17.8 Å². The largest absolute Gasteiger partial charge is 0.198 e. The van der Waals surface area contributed by atoms with Gasteiger partial charge < -0.3 is 0 Å². The second-order valence-electron chi connectivity index (χ2n) is 27.4. The predicted molar refractivity (Wildman–Crippen MR) is 293 cm³/mol. The van der Waals surface area contributed by atoms with Gasteiger partial charge in [-0.2, -0.15) is 5.26 Å². The number of hydrogen-bond acceptors (Lipinski definition) is 1. The van der Waals surface area contributed by atoms with Crippen LogP contribution in [0.3, 0.4) is 0 Å². The molecular formula is C61H131N. The van der Waals surface area contributed by atoms with E-state index in [-0.39, 0.29) is 66.9 Å². The molecule has 2 aliphatic carbocycles. The van der Waals surface area contributed by atoms with Crippen molar-refractivity contribution in [1.29, 1.82) is 5.26 Å². The molecule has 2 rings (SSSR count). The van der Waals surface area contributed by atoms with Crippen molar-refractivity contribution in [2.75, 3.05) is 0 Å². The van der Waals surface area contributed by atoms with Gasteiger partial charge in [0, 0.05) is 23.2 Å². The van der Waals surface area contributed by atoms with Crippen molar-refractivity contribution in [2.24, 2.45) is 72.3 Å². The van der Waals surface area contributed by atoms with E-state index in [0.717, 1.165) is 25.7 Å². The molecular weight excluding hydrogens is 747 g/mol. The predicted octanol–water partition coefficient (Wildman–Crippen LogP) is 22.9. The Labute approximate surface area is 418 Å². The van der Waals surface area contributed by atoms with Gasteiger partial charge in [-0.3, -0.25) is 0 Å². The monoisotopic (exact) mass is 891 g/mol. The molecule has 0 aromatic heterocycles. The summed E-state index contributed by atoms with van der Waals surface area (Å²) >= 11 is 0. The zero-order valence-electron chi connectivity index (χ0n) is 62.4. The van der Waals surface area contributed by atoms with Crippen molar-refractivity contribution >= 4 is 0 Å². The maximum absolute atomic E-state index is 8.27. The third kappa shape index (κ3) is 71.1. The van der Waals surface area contributed by atoms with Gasteiger partial charge in [-0.05, 0) is 132 Å². The van der Waals surface area contributed by atoms with Crippen LogP contribution < -0.4 is 0 Å². The molecule has 0 saturated heterocycles. The van der Waals surface area contributed by atoms with Crippen LogP contribution >= 0.6 is 0 Å². The van der Waals surface area contributed by atoms with Gasteiger partial charge in [-0.15, -0.1) is 0 Å². The molecule has 380 valence electrons. The zero-order chi connectivity index (χ0) is 63.1. The van der Waals surface area contributed by atoms with Crippen LogP contribution in [0.1, 0.15) is 336 Å². The Balaban J connectivity index is -0.000000183. The smallest absolute Gasteiger partial charge is 0.0680 e. The van der Waals surface area contributed by atoms with Crippen LogP contribution in [0.2, 0.25) is 0 Å². The maximum atomic E-state index is 8.27. The van der Waals surface area contributed by atoms with E-state index >= 15 is 0 Å². The first-order chi connectivity index (χ1) is 31.7. The highest BCUT2D eigenvalue weighted by Crippen LogP contribution is 2.39. The van der Waals surface area contributed by atoms with Crippen molar-refractivity contribution in [3.63, 3.8) is 0 Å². The third-order valence-electron chi connectivity index (χ3n) is 9.34. The first-order valence-electron chi connectivity index (χ1n) is 31.1. The average molecular weight is 892 g/mol. The molecule has 1 nitrogen and oxygen atoms in total. The highest BCUT2D eigenvalue weighted by Gasteiger charge is 2.27. The minimum absolute atomic E-state index is 0.0903. The van der Waals surface area contributed by atoms with Gasteiger partial charge in [0.1, 0.15) is 0 Å².